The lowest BCUT2D eigenvalue weighted by molar-refractivity contribution is -0.00957. The van der Waals surface area contributed by atoms with E-state index in [-0.39, 0.29) is 12.1 Å². The minimum Gasteiger partial charge on any atom is -0.355 e. The van der Waals surface area contributed by atoms with Gasteiger partial charge in [0.2, 0.25) is 0 Å². The average molecular weight is 366 g/mol. The first-order valence-electron chi connectivity index (χ1n) is 9.73. The highest BCUT2D eigenvalue weighted by molar-refractivity contribution is 5.77. The maximum absolute atomic E-state index is 13.3. The third-order valence-corrected chi connectivity index (χ3v) is 5.56. The van der Waals surface area contributed by atoms with E-state index >= 15 is 0 Å². The fourth-order valence-electron chi connectivity index (χ4n) is 4.12. The maximum atomic E-state index is 13.3. The molecule has 1 atom stereocenters. The Morgan fingerprint density at radius 1 is 1.15 bits per heavy atom. The molecule has 2 amide bonds. The largest absolute Gasteiger partial charge is 0.355 e. The first-order chi connectivity index (χ1) is 13.2. The lowest BCUT2D eigenvalue weighted by atomic mass is 10.1. The second-order valence-corrected chi connectivity index (χ2v) is 7.47. The normalized spacial score (nSPS) is 23.0. The molecule has 0 aliphatic carbocycles. The Bertz CT molecular complexity index is 785. The van der Waals surface area contributed by atoms with Crippen LogP contribution in [0.5, 0.6) is 0 Å². The molecule has 1 unspecified atom stereocenters. The highest BCUT2D eigenvalue weighted by Crippen LogP contribution is 2.29. The monoisotopic (exact) mass is 366 g/mol. The molecule has 0 saturated carbocycles. The lowest BCUT2D eigenvalue weighted by Crippen LogP contribution is -2.59. The molecule has 1 aromatic rings. The molecule has 0 spiro atoms. The van der Waals surface area contributed by atoms with Crippen LogP contribution in [0.2, 0.25) is 0 Å². The number of rotatable bonds is 3. The molecule has 27 heavy (non-hydrogen) atoms. The molecule has 7 nitrogen and oxygen atoms in total. The Hall–Kier alpha value is -2.72. The van der Waals surface area contributed by atoms with Crippen LogP contribution in [0.15, 0.2) is 36.3 Å². The van der Waals surface area contributed by atoms with Gasteiger partial charge >= 0.3 is 6.03 Å². The predicted octanol–water partition coefficient (Wildman–Crippen LogP) is 2.03. The number of nitriles is 1. The number of fused-ring (bicyclic) bond motifs is 1. The summed E-state index contributed by atoms with van der Waals surface area (Å²) in [7, 11) is 0. The molecule has 3 heterocycles. The molecule has 3 aliphatic heterocycles. The number of amides is 2. The Labute approximate surface area is 160 Å². The van der Waals surface area contributed by atoms with E-state index in [1.165, 1.54) is 0 Å². The Morgan fingerprint density at radius 2 is 1.96 bits per heavy atom. The maximum Gasteiger partial charge on any atom is 0.344 e. The van der Waals surface area contributed by atoms with Crippen LogP contribution in [0.25, 0.3) is 0 Å². The minimum atomic E-state index is -0.0147. The van der Waals surface area contributed by atoms with Crippen LogP contribution in [0.4, 0.5) is 4.79 Å². The Morgan fingerprint density at radius 3 is 2.78 bits per heavy atom. The van der Waals surface area contributed by atoms with Gasteiger partial charge in [-0.05, 0) is 37.3 Å². The second kappa shape index (κ2) is 7.49. The average Bonchev–Trinajstić information content (AvgIpc) is 2.70. The number of hydrazine groups is 1. The zero-order valence-corrected chi connectivity index (χ0v) is 15.5. The molecule has 2 N–H and O–H groups in total. The van der Waals surface area contributed by atoms with E-state index in [0.29, 0.717) is 12.1 Å². The summed E-state index contributed by atoms with van der Waals surface area (Å²) in [4.78, 5) is 17.4. The van der Waals surface area contributed by atoms with Crippen molar-refractivity contribution in [3.8, 4) is 6.07 Å². The Kier molecular flexibility index (Phi) is 4.90. The summed E-state index contributed by atoms with van der Waals surface area (Å²) in [6.07, 6.45) is 6.24. The van der Waals surface area contributed by atoms with Gasteiger partial charge in [0.25, 0.3) is 0 Å². The van der Waals surface area contributed by atoms with Gasteiger partial charge in [0.15, 0.2) is 0 Å². The zero-order chi connectivity index (χ0) is 18.8. The third-order valence-electron chi connectivity index (χ3n) is 5.56. The van der Waals surface area contributed by atoms with E-state index in [1.807, 2.05) is 33.1 Å². The van der Waals surface area contributed by atoms with Crippen LogP contribution in [0.1, 0.15) is 36.8 Å². The lowest BCUT2D eigenvalue weighted by Gasteiger charge is -2.48. The summed E-state index contributed by atoms with van der Waals surface area (Å²) in [6.45, 7) is 3.64. The smallest absolute Gasteiger partial charge is 0.344 e. The number of carbonyl (C=O) groups excluding carboxylic acids is 1. The van der Waals surface area contributed by atoms with E-state index in [9.17, 15) is 10.1 Å². The number of carbonyl (C=O) groups is 1. The minimum absolute atomic E-state index is 0.0147. The summed E-state index contributed by atoms with van der Waals surface area (Å²) in [6, 6.07) is 9.85. The molecule has 142 valence electrons. The highest BCUT2D eigenvalue weighted by Gasteiger charge is 2.37. The molecular formula is C20H26N6O. The van der Waals surface area contributed by atoms with Crippen LogP contribution in [-0.4, -0.2) is 58.1 Å². The number of hydrogen-bond acceptors (Lipinski definition) is 5. The SMILES string of the molecule is N#Cc1ccccc1CN1C(=O)N2CCCCN2C=C1N1CCCC(N)C1. The van der Waals surface area contributed by atoms with Gasteiger partial charge in [0.05, 0.1) is 24.4 Å². The van der Waals surface area contributed by atoms with E-state index < -0.39 is 0 Å². The number of nitrogens with two attached hydrogens (primary N) is 1. The van der Waals surface area contributed by atoms with Crippen LogP contribution in [0, 0.1) is 11.3 Å². The molecule has 0 aromatic heterocycles. The molecule has 4 rings (SSSR count). The molecule has 0 bridgehead atoms. The van der Waals surface area contributed by atoms with Gasteiger partial charge in [-0.2, -0.15) is 5.26 Å². The van der Waals surface area contributed by atoms with Crippen LogP contribution in [-0.2, 0) is 6.54 Å². The van der Waals surface area contributed by atoms with Gasteiger partial charge in [-0.3, -0.25) is 9.91 Å². The molecule has 1 aromatic carbocycles. The molecular weight excluding hydrogens is 340 g/mol. The fraction of sp³-hybridized carbons (Fsp3) is 0.500. The topological polar surface area (TPSA) is 79.8 Å². The van der Waals surface area contributed by atoms with Gasteiger partial charge in [-0.15, -0.1) is 0 Å². The van der Waals surface area contributed by atoms with Crippen molar-refractivity contribution >= 4 is 6.03 Å². The molecule has 2 saturated heterocycles. The fourth-order valence-corrected chi connectivity index (χ4v) is 4.12. The number of likely N-dealkylation sites (tertiary alicyclic amines) is 1. The summed E-state index contributed by atoms with van der Waals surface area (Å²) < 4.78 is 0. The number of piperidine rings is 1. The van der Waals surface area contributed by atoms with E-state index in [2.05, 4.69) is 17.2 Å². The van der Waals surface area contributed by atoms with Crippen molar-refractivity contribution in [3.05, 3.63) is 47.4 Å². The number of hydrogen-bond donors (Lipinski definition) is 1. The van der Waals surface area contributed by atoms with Crippen molar-refractivity contribution in [2.45, 2.75) is 38.3 Å². The summed E-state index contributed by atoms with van der Waals surface area (Å²) in [5, 5.41) is 13.3. The summed E-state index contributed by atoms with van der Waals surface area (Å²) in [5.74, 6) is 0.904. The summed E-state index contributed by atoms with van der Waals surface area (Å²) >= 11 is 0. The van der Waals surface area contributed by atoms with Crippen LogP contribution < -0.4 is 5.73 Å². The van der Waals surface area contributed by atoms with Crippen molar-refractivity contribution in [2.24, 2.45) is 5.73 Å². The van der Waals surface area contributed by atoms with Gasteiger partial charge in [0.1, 0.15) is 5.82 Å². The number of benzene rings is 1. The zero-order valence-electron chi connectivity index (χ0n) is 15.5. The van der Waals surface area contributed by atoms with Crippen molar-refractivity contribution < 1.29 is 4.79 Å². The molecule has 0 radical (unpaired) electrons. The van der Waals surface area contributed by atoms with Crippen molar-refractivity contribution in [3.63, 3.8) is 0 Å². The highest BCUT2D eigenvalue weighted by atomic mass is 16.2. The summed E-state index contributed by atoms with van der Waals surface area (Å²) in [5.41, 5.74) is 7.68. The van der Waals surface area contributed by atoms with Crippen molar-refractivity contribution in [2.75, 3.05) is 26.2 Å². The van der Waals surface area contributed by atoms with Gasteiger partial charge < -0.3 is 10.6 Å². The standard InChI is InChI=1S/C20H26N6O/c21-12-16-6-1-2-7-17(16)13-25-19(23-9-5-8-18(22)14-23)15-24-10-3-4-11-26(24)20(25)27/h1-2,6-7,15,18H,3-5,8-11,13-14,22H2. The van der Waals surface area contributed by atoms with Crippen molar-refractivity contribution in [1.29, 1.82) is 5.26 Å². The number of nitrogens with zero attached hydrogens (tertiary/aromatic N) is 5. The molecule has 7 heteroatoms. The Balaban J connectivity index is 1.68. The van der Waals surface area contributed by atoms with Crippen LogP contribution >= 0.6 is 0 Å². The number of urea groups is 1. The van der Waals surface area contributed by atoms with Gasteiger partial charge in [0, 0.05) is 32.2 Å². The third kappa shape index (κ3) is 3.45. The first kappa shape index (κ1) is 17.7. The van der Waals surface area contributed by atoms with E-state index in [1.54, 1.807) is 6.07 Å². The molecule has 2 fully saturated rings. The van der Waals surface area contributed by atoms with Gasteiger partial charge in [-0.25, -0.2) is 9.80 Å². The second-order valence-electron chi connectivity index (χ2n) is 7.47. The first-order valence-corrected chi connectivity index (χ1v) is 9.73. The van der Waals surface area contributed by atoms with E-state index in [4.69, 9.17) is 5.73 Å². The molecule has 3 aliphatic rings. The quantitative estimate of drug-likeness (QED) is 0.885. The van der Waals surface area contributed by atoms with E-state index in [0.717, 1.165) is 63.2 Å². The van der Waals surface area contributed by atoms with Gasteiger partial charge in [-0.1, -0.05) is 18.2 Å². The van der Waals surface area contributed by atoms with Crippen LogP contribution in [0.3, 0.4) is 0 Å². The predicted molar refractivity (Wildman–Crippen MR) is 102 cm³/mol. The van der Waals surface area contributed by atoms with Crippen molar-refractivity contribution in [1.82, 2.24) is 19.8 Å².